The molecule has 0 saturated carbocycles. The van der Waals surface area contributed by atoms with Gasteiger partial charge in [-0.25, -0.2) is 9.80 Å². The highest BCUT2D eigenvalue weighted by Crippen LogP contribution is 2.20. The van der Waals surface area contributed by atoms with Crippen LogP contribution in [0.2, 0.25) is 0 Å². The minimum absolute atomic E-state index is 0.127. The van der Waals surface area contributed by atoms with Gasteiger partial charge in [0.2, 0.25) is 0 Å². The van der Waals surface area contributed by atoms with Gasteiger partial charge in [-0.05, 0) is 75.8 Å². The van der Waals surface area contributed by atoms with Crippen LogP contribution in [0, 0.1) is 5.92 Å². The average molecular weight is 589 g/mol. The van der Waals surface area contributed by atoms with Gasteiger partial charge in [-0.3, -0.25) is 30.0 Å². The molecule has 0 fully saturated rings. The van der Waals surface area contributed by atoms with Gasteiger partial charge in [-0.15, -0.1) is 0 Å². The van der Waals surface area contributed by atoms with E-state index in [9.17, 15) is 0 Å². The number of hydrogen-bond acceptors (Lipinski definition) is 8. The Morgan fingerprint density at radius 3 is 1.16 bits per heavy atom. The Morgan fingerprint density at radius 1 is 0.477 bits per heavy atom. The fourth-order valence-electron chi connectivity index (χ4n) is 5.74. The molecule has 7 unspecified atom stereocenters. The standard InChI is InChI=1S/C36H44N8/c1-25-37-19-31-7-9-34(10-8-31)22-40-28(4)44-29(5)41-23-35-15-11-32(12-16-35)20-38-26(2)43(25)27(3)39-21-33-13-17-36(18-14-33)24-42-30(44)6/h7-17,19-30,36H,18H2,1-6H3. The third-order valence-corrected chi connectivity index (χ3v) is 8.31. The van der Waals surface area contributed by atoms with E-state index in [4.69, 9.17) is 30.0 Å². The third kappa shape index (κ3) is 8.07. The monoisotopic (exact) mass is 588 g/mol. The van der Waals surface area contributed by atoms with E-state index >= 15 is 0 Å². The van der Waals surface area contributed by atoms with Gasteiger partial charge in [0, 0.05) is 43.2 Å². The summed E-state index contributed by atoms with van der Waals surface area (Å²) in [6.07, 6.45) is 18.3. The highest BCUT2D eigenvalue weighted by atomic mass is 15.4. The molecule has 0 amide bonds. The van der Waals surface area contributed by atoms with Crippen molar-refractivity contribution in [2.75, 3.05) is 0 Å². The van der Waals surface area contributed by atoms with Crippen LogP contribution < -0.4 is 0 Å². The number of nitrogens with zero attached hydrogens (tertiary/aromatic N) is 8. The summed E-state index contributed by atoms with van der Waals surface area (Å²) in [4.78, 5) is 34.2. The lowest BCUT2D eigenvalue weighted by Gasteiger charge is -2.33. The molecule has 8 heteroatoms. The number of rotatable bonds is 0. The van der Waals surface area contributed by atoms with E-state index in [1.165, 1.54) is 0 Å². The highest BCUT2D eigenvalue weighted by molar-refractivity contribution is 5.85. The molecule has 13 aliphatic rings. The van der Waals surface area contributed by atoms with Crippen LogP contribution in [-0.2, 0) is 0 Å². The first-order chi connectivity index (χ1) is 21.3. The summed E-state index contributed by atoms with van der Waals surface area (Å²) in [7, 11) is 0. The fourth-order valence-corrected chi connectivity index (χ4v) is 5.74. The van der Waals surface area contributed by atoms with Crippen molar-refractivity contribution < 1.29 is 0 Å². The molecule has 2 aromatic rings. The lowest BCUT2D eigenvalue weighted by molar-refractivity contribution is 0.117. The number of hydrogen-bond donors (Lipinski definition) is 0. The molecule has 7 atom stereocenters. The summed E-state index contributed by atoms with van der Waals surface area (Å²) in [6.45, 7) is 12.6. The minimum Gasteiger partial charge on any atom is -0.278 e. The van der Waals surface area contributed by atoms with Crippen molar-refractivity contribution in [3.8, 4) is 0 Å². The molecular weight excluding hydrogens is 544 g/mol. The number of aliphatic imine (C=N–C) groups is 6. The summed E-state index contributed by atoms with van der Waals surface area (Å²) < 4.78 is 0. The first kappa shape index (κ1) is 31.3. The zero-order valence-electron chi connectivity index (χ0n) is 26.6. The average Bonchev–Trinajstić information content (AvgIpc) is 3.03. The molecular formula is C36H44N8. The molecule has 44 heavy (non-hydrogen) atoms. The van der Waals surface area contributed by atoms with E-state index in [0.29, 0.717) is 0 Å². The molecule has 8 bridgehead atoms. The van der Waals surface area contributed by atoms with E-state index in [-0.39, 0.29) is 42.9 Å². The molecule has 0 spiro atoms. The fraction of sp³-hybridized carbons (Fsp3) is 0.389. The molecule has 12 aliphatic heterocycles. The quantitative estimate of drug-likeness (QED) is 0.356. The molecule has 0 N–H and O–H groups in total. The molecule has 8 nitrogen and oxygen atoms in total. The van der Waals surface area contributed by atoms with E-state index in [2.05, 4.69) is 124 Å². The van der Waals surface area contributed by atoms with Gasteiger partial charge >= 0.3 is 0 Å². The molecule has 0 saturated heterocycles. The molecule has 1 aliphatic carbocycles. The first-order valence-electron chi connectivity index (χ1n) is 15.6. The van der Waals surface area contributed by atoms with Crippen LogP contribution in [0.15, 0.2) is 102 Å². The lowest BCUT2D eigenvalue weighted by Crippen LogP contribution is -2.44. The molecule has 0 radical (unpaired) electrons. The Labute approximate surface area is 262 Å². The molecule has 2 aromatic carbocycles. The van der Waals surface area contributed by atoms with Gasteiger partial charge in [0.1, 0.15) is 37.0 Å². The van der Waals surface area contributed by atoms with Crippen molar-refractivity contribution in [1.29, 1.82) is 0 Å². The minimum atomic E-state index is -0.155. The van der Waals surface area contributed by atoms with Gasteiger partial charge in [0.05, 0.1) is 0 Å². The van der Waals surface area contributed by atoms with Crippen LogP contribution in [0.5, 0.6) is 0 Å². The predicted octanol–water partition coefficient (Wildman–Crippen LogP) is 6.41. The van der Waals surface area contributed by atoms with Gasteiger partial charge in [0.15, 0.2) is 0 Å². The maximum absolute atomic E-state index is 5.00. The van der Waals surface area contributed by atoms with Gasteiger partial charge in [0.25, 0.3) is 0 Å². The van der Waals surface area contributed by atoms with E-state index < -0.39 is 0 Å². The summed E-state index contributed by atoms with van der Waals surface area (Å²) in [6, 6.07) is 16.6. The highest BCUT2D eigenvalue weighted by Gasteiger charge is 2.25. The Hall–Kier alpha value is -4.14. The largest absolute Gasteiger partial charge is 0.278 e. The Bertz CT molecular complexity index is 1420. The predicted molar refractivity (Wildman–Crippen MR) is 186 cm³/mol. The van der Waals surface area contributed by atoms with Crippen LogP contribution >= 0.6 is 0 Å². The number of benzene rings is 2. The summed E-state index contributed by atoms with van der Waals surface area (Å²) in [5.41, 5.74) is 5.21. The van der Waals surface area contributed by atoms with E-state index in [0.717, 1.165) is 34.2 Å². The summed E-state index contributed by atoms with van der Waals surface area (Å²) >= 11 is 0. The second kappa shape index (κ2) is 14.6. The smallest absolute Gasteiger partial charge is 0.102 e. The zero-order valence-corrected chi connectivity index (χ0v) is 26.6. The number of allylic oxidation sites excluding steroid dienone is 4. The van der Waals surface area contributed by atoms with Crippen molar-refractivity contribution >= 4 is 37.3 Å². The zero-order chi connectivity index (χ0) is 31.1. The van der Waals surface area contributed by atoms with Gasteiger partial charge in [-0.2, -0.15) is 0 Å². The van der Waals surface area contributed by atoms with E-state index in [1.807, 2.05) is 31.1 Å². The summed E-state index contributed by atoms with van der Waals surface area (Å²) in [5.74, 6) is 0.222. The topological polar surface area (TPSA) is 80.6 Å². The second-order valence-corrected chi connectivity index (χ2v) is 11.7. The van der Waals surface area contributed by atoms with Crippen LogP contribution in [0.3, 0.4) is 0 Å². The normalized spacial score (nSPS) is 32.4. The van der Waals surface area contributed by atoms with Gasteiger partial charge < -0.3 is 0 Å². The third-order valence-electron chi connectivity index (χ3n) is 8.31. The van der Waals surface area contributed by atoms with Crippen molar-refractivity contribution in [1.82, 2.24) is 9.80 Å². The van der Waals surface area contributed by atoms with Crippen LogP contribution in [0.4, 0.5) is 0 Å². The van der Waals surface area contributed by atoms with Crippen LogP contribution in [0.25, 0.3) is 0 Å². The van der Waals surface area contributed by atoms with Crippen molar-refractivity contribution in [3.63, 3.8) is 0 Å². The maximum Gasteiger partial charge on any atom is 0.102 e. The molecule has 228 valence electrons. The molecule has 15 rings (SSSR count). The molecule has 12 heterocycles. The molecule has 0 aromatic heterocycles. The first-order valence-corrected chi connectivity index (χ1v) is 15.6. The van der Waals surface area contributed by atoms with Crippen molar-refractivity contribution in [2.45, 2.75) is 85.0 Å². The Balaban J connectivity index is 1.63. The van der Waals surface area contributed by atoms with Crippen molar-refractivity contribution in [2.24, 2.45) is 35.9 Å². The van der Waals surface area contributed by atoms with Gasteiger partial charge in [-0.1, -0.05) is 66.8 Å². The van der Waals surface area contributed by atoms with Crippen molar-refractivity contribution in [3.05, 3.63) is 94.6 Å². The second-order valence-electron chi connectivity index (χ2n) is 11.7. The maximum atomic E-state index is 5.00. The van der Waals surface area contributed by atoms with E-state index in [1.54, 1.807) is 0 Å². The lowest BCUT2D eigenvalue weighted by atomic mass is 9.98. The van der Waals surface area contributed by atoms with Crippen LogP contribution in [-0.4, -0.2) is 84.1 Å². The Morgan fingerprint density at radius 2 is 0.818 bits per heavy atom. The SMILES string of the molecule is CC1N=CC2=CCC(C=C2)C=NC(C)N2C(C)N=Cc3ccc(cc3)C=NC(C)N1C(C)N=Cc1ccc(cc1)C=NC2C. The van der Waals surface area contributed by atoms with Crippen LogP contribution in [0.1, 0.15) is 70.2 Å². The Kier molecular flexibility index (Phi) is 10.4. The summed E-state index contributed by atoms with van der Waals surface area (Å²) in [5, 5.41) is 0.